The van der Waals surface area contributed by atoms with E-state index < -0.39 is 0 Å². The fourth-order valence-electron chi connectivity index (χ4n) is 2.67. The van der Waals surface area contributed by atoms with Gasteiger partial charge in [-0.1, -0.05) is 54.2 Å². The molecule has 1 unspecified atom stereocenters. The molecule has 0 spiro atoms. The first kappa shape index (κ1) is 17.5. The first-order valence-corrected chi connectivity index (χ1v) is 9.49. The molecule has 1 aromatic heterocycles. The second-order valence-electron chi connectivity index (χ2n) is 5.87. The quantitative estimate of drug-likeness (QED) is 0.558. The summed E-state index contributed by atoms with van der Waals surface area (Å²) in [5, 5.41) is 9.71. The molecule has 0 aliphatic heterocycles. The van der Waals surface area contributed by atoms with Gasteiger partial charge in [-0.25, -0.2) is 0 Å². The van der Waals surface area contributed by atoms with E-state index in [9.17, 15) is 0 Å². The van der Waals surface area contributed by atoms with Crippen LogP contribution in [0.5, 0.6) is 5.75 Å². The van der Waals surface area contributed by atoms with Gasteiger partial charge in [-0.2, -0.15) is 0 Å². The normalized spacial score (nSPS) is 12.1. The first-order valence-electron chi connectivity index (χ1n) is 8.51. The number of hydrogen-bond acceptors (Lipinski definition) is 4. The third-order valence-corrected chi connectivity index (χ3v) is 5.11. The molecule has 0 saturated carbocycles. The van der Waals surface area contributed by atoms with Gasteiger partial charge in [-0.05, 0) is 44.0 Å². The smallest absolute Gasteiger partial charge is 0.191 e. The lowest BCUT2D eigenvalue weighted by molar-refractivity contribution is 0.210. The van der Waals surface area contributed by atoms with Crippen molar-refractivity contribution in [1.82, 2.24) is 14.8 Å². The predicted molar refractivity (Wildman–Crippen MR) is 102 cm³/mol. The highest BCUT2D eigenvalue weighted by molar-refractivity contribution is 7.98. The first-order chi connectivity index (χ1) is 12.2. The van der Waals surface area contributed by atoms with Crippen LogP contribution in [-0.2, 0) is 12.3 Å². The molecule has 1 heterocycles. The van der Waals surface area contributed by atoms with E-state index in [0.29, 0.717) is 0 Å². The Kier molecular flexibility index (Phi) is 5.76. The van der Waals surface area contributed by atoms with E-state index >= 15 is 0 Å². The Morgan fingerprint density at radius 1 is 1.04 bits per heavy atom. The number of benzene rings is 2. The van der Waals surface area contributed by atoms with E-state index in [1.807, 2.05) is 37.3 Å². The maximum atomic E-state index is 6.01. The molecule has 1 atom stereocenters. The fraction of sp³-hybridized carbons (Fsp3) is 0.300. The Balaban J connectivity index is 1.73. The van der Waals surface area contributed by atoms with E-state index in [-0.39, 0.29) is 6.10 Å². The van der Waals surface area contributed by atoms with E-state index in [2.05, 4.69) is 52.9 Å². The second-order valence-corrected chi connectivity index (χ2v) is 6.82. The summed E-state index contributed by atoms with van der Waals surface area (Å²) in [6, 6.07) is 18.3. The number of aromatic nitrogens is 3. The minimum atomic E-state index is -0.150. The molecule has 0 radical (unpaired) electrons. The Hall–Kier alpha value is -2.27. The molecule has 3 rings (SSSR count). The van der Waals surface area contributed by atoms with Gasteiger partial charge in [0.1, 0.15) is 5.75 Å². The molecule has 5 heteroatoms. The lowest BCUT2D eigenvalue weighted by atomic mass is 10.1. The van der Waals surface area contributed by atoms with Crippen LogP contribution in [0.4, 0.5) is 0 Å². The van der Waals surface area contributed by atoms with E-state index in [0.717, 1.165) is 29.0 Å². The average molecular weight is 353 g/mol. The molecule has 0 fully saturated rings. The Labute approximate surface area is 153 Å². The SMILES string of the molecule is CCn1c(SCc2ccccc2C)nnc1C(C)Oc1ccccc1. The number of nitrogens with zero attached hydrogens (tertiary/aromatic N) is 3. The van der Waals surface area contributed by atoms with Gasteiger partial charge < -0.3 is 9.30 Å². The highest BCUT2D eigenvalue weighted by Crippen LogP contribution is 2.27. The van der Waals surface area contributed by atoms with Crippen LogP contribution in [0.2, 0.25) is 0 Å². The summed E-state index contributed by atoms with van der Waals surface area (Å²) in [5.41, 5.74) is 2.63. The van der Waals surface area contributed by atoms with Gasteiger partial charge in [0.05, 0.1) is 0 Å². The van der Waals surface area contributed by atoms with Gasteiger partial charge in [0.15, 0.2) is 17.1 Å². The molecule has 25 heavy (non-hydrogen) atoms. The van der Waals surface area contributed by atoms with E-state index in [4.69, 9.17) is 4.74 Å². The van der Waals surface area contributed by atoms with Crippen LogP contribution >= 0.6 is 11.8 Å². The van der Waals surface area contributed by atoms with Gasteiger partial charge in [-0.15, -0.1) is 10.2 Å². The summed E-state index contributed by atoms with van der Waals surface area (Å²) in [6.07, 6.45) is -0.150. The average Bonchev–Trinajstić information content (AvgIpc) is 3.05. The number of thioether (sulfide) groups is 1. The van der Waals surface area contributed by atoms with Crippen molar-refractivity contribution < 1.29 is 4.74 Å². The van der Waals surface area contributed by atoms with Crippen LogP contribution in [0.15, 0.2) is 59.8 Å². The molecule has 0 N–H and O–H groups in total. The predicted octanol–water partition coefficient (Wildman–Crippen LogP) is 5.04. The Bertz CT molecular complexity index is 817. The molecule has 0 saturated heterocycles. The molecule has 0 amide bonds. The van der Waals surface area contributed by atoms with Gasteiger partial charge in [0, 0.05) is 12.3 Å². The lowest BCUT2D eigenvalue weighted by Gasteiger charge is -2.15. The Morgan fingerprint density at radius 3 is 2.48 bits per heavy atom. The lowest BCUT2D eigenvalue weighted by Crippen LogP contribution is -2.11. The zero-order chi connectivity index (χ0) is 17.6. The van der Waals surface area contributed by atoms with Crippen LogP contribution in [-0.4, -0.2) is 14.8 Å². The molecule has 0 aliphatic rings. The number of hydrogen-bond donors (Lipinski definition) is 0. The fourth-order valence-corrected chi connectivity index (χ4v) is 3.76. The highest BCUT2D eigenvalue weighted by atomic mass is 32.2. The number of para-hydroxylation sites is 1. The topological polar surface area (TPSA) is 39.9 Å². The minimum Gasteiger partial charge on any atom is -0.483 e. The summed E-state index contributed by atoms with van der Waals surface area (Å²) >= 11 is 1.72. The van der Waals surface area contributed by atoms with Crippen molar-refractivity contribution in [1.29, 1.82) is 0 Å². The zero-order valence-corrected chi connectivity index (χ0v) is 15.7. The zero-order valence-electron chi connectivity index (χ0n) is 14.8. The van der Waals surface area contributed by atoms with Crippen LogP contribution in [0.1, 0.15) is 36.9 Å². The summed E-state index contributed by atoms with van der Waals surface area (Å²) in [4.78, 5) is 0. The van der Waals surface area contributed by atoms with Crippen LogP contribution < -0.4 is 4.74 Å². The molecular weight excluding hydrogens is 330 g/mol. The summed E-state index contributed by atoms with van der Waals surface area (Å²) in [6.45, 7) is 7.08. The summed E-state index contributed by atoms with van der Waals surface area (Å²) in [5.74, 6) is 2.59. The molecule has 3 aromatic rings. The monoisotopic (exact) mass is 353 g/mol. The highest BCUT2D eigenvalue weighted by Gasteiger charge is 2.18. The van der Waals surface area contributed by atoms with Crippen LogP contribution in [0.25, 0.3) is 0 Å². The van der Waals surface area contributed by atoms with E-state index in [1.54, 1.807) is 11.8 Å². The van der Waals surface area contributed by atoms with E-state index in [1.165, 1.54) is 11.1 Å². The molecule has 130 valence electrons. The van der Waals surface area contributed by atoms with Gasteiger partial charge in [0.2, 0.25) is 0 Å². The largest absolute Gasteiger partial charge is 0.483 e. The van der Waals surface area contributed by atoms with Gasteiger partial charge in [0.25, 0.3) is 0 Å². The molecule has 0 bridgehead atoms. The summed E-state index contributed by atoms with van der Waals surface area (Å²) < 4.78 is 8.14. The maximum absolute atomic E-state index is 6.01. The number of aryl methyl sites for hydroxylation is 1. The van der Waals surface area contributed by atoms with Crippen molar-refractivity contribution in [2.24, 2.45) is 0 Å². The third kappa shape index (κ3) is 4.23. The molecular formula is C20H23N3OS. The standard InChI is InChI=1S/C20H23N3OS/c1-4-23-19(16(3)24-18-12-6-5-7-13-18)21-22-20(23)25-14-17-11-9-8-10-15(17)2/h5-13,16H,4,14H2,1-3H3. The van der Waals surface area contributed by atoms with Crippen LogP contribution in [0.3, 0.4) is 0 Å². The number of rotatable bonds is 7. The van der Waals surface area contributed by atoms with Crippen molar-refractivity contribution in [3.05, 3.63) is 71.5 Å². The molecule has 2 aromatic carbocycles. The van der Waals surface area contributed by atoms with Crippen LogP contribution in [0, 0.1) is 6.92 Å². The van der Waals surface area contributed by atoms with Crippen molar-refractivity contribution >= 4 is 11.8 Å². The van der Waals surface area contributed by atoms with Gasteiger partial charge in [-0.3, -0.25) is 0 Å². The Morgan fingerprint density at radius 2 is 1.76 bits per heavy atom. The molecule has 4 nitrogen and oxygen atoms in total. The van der Waals surface area contributed by atoms with Crippen molar-refractivity contribution in [3.63, 3.8) is 0 Å². The van der Waals surface area contributed by atoms with Crippen molar-refractivity contribution in [2.75, 3.05) is 0 Å². The minimum absolute atomic E-state index is 0.150. The van der Waals surface area contributed by atoms with Crippen molar-refractivity contribution in [2.45, 2.75) is 44.3 Å². The number of ether oxygens (including phenoxy) is 1. The second kappa shape index (κ2) is 8.21. The molecule has 0 aliphatic carbocycles. The third-order valence-electron chi connectivity index (χ3n) is 4.10. The summed E-state index contributed by atoms with van der Waals surface area (Å²) in [7, 11) is 0. The van der Waals surface area contributed by atoms with Gasteiger partial charge >= 0.3 is 0 Å². The van der Waals surface area contributed by atoms with Crippen molar-refractivity contribution in [3.8, 4) is 5.75 Å². The maximum Gasteiger partial charge on any atom is 0.191 e.